The van der Waals surface area contributed by atoms with Gasteiger partial charge in [0.1, 0.15) is 0 Å². The minimum absolute atomic E-state index is 0.0614. The van der Waals surface area contributed by atoms with Crippen LogP contribution in [0.25, 0.3) is 0 Å². The van der Waals surface area contributed by atoms with Gasteiger partial charge in [0.15, 0.2) is 0 Å². The van der Waals surface area contributed by atoms with E-state index in [9.17, 15) is 8.42 Å². The van der Waals surface area contributed by atoms with Crippen molar-refractivity contribution in [2.45, 2.75) is 37.3 Å². The highest BCUT2D eigenvalue weighted by molar-refractivity contribution is 8.00. The fourth-order valence-corrected chi connectivity index (χ4v) is 5.17. The summed E-state index contributed by atoms with van der Waals surface area (Å²) < 4.78 is 27.0. The lowest BCUT2D eigenvalue weighted by molar-refractivity contribution is 0.415. The van der Waals surface area contributed by atoms with E-state index in [1.54, 1.807) is 4.31 Å². The molecule has 0 amide bonds. The Morgan fingerprint density at radius 1 is 1.29 bits per heavy atom. The molecule has 6 heteroatoms. The quantitative estimate of drug-likeness (QED) is 0.920. The van der Waals surface area contributed by atoms with Gasteiger partial charge in [-0.05, 0) is 17.5 Å². The fraction of sp³-hybridized carbons (Fsp3) is 0.600. The molecule has 1 aromatic rings. The Morgan fingerprint density at radius 2 is 2.00 bits per heavy atom. The maximum atomic E-state index is 12.6. The molecule has 4 nitrogen and oxygen atoms in total. The molecule has 2 N–H and O–H groups in total. The molecule has 2 rings (SSSR count). The van der Waals surface area contributed by atoms with Gasteiger partial charge in [-0.2, -0.15) is 11.8 Å². The Labute approximate surface area is 132 Å². The molecule has 1 aliphatic heterocycles. The Bertz CT molecular complexity index is 585. The van der Waals surface area contributed by atoms with Gasteiger partial charge in [0, 0.05) is 30.1 Å². The number of thioether (sulfide) groups is 1. The lowest BCUT2D eigenvalue weighted by Gasteiger charge is -2.22. The van der Waals surface area contributed by atoms with E-state index < -0.39 is 10.0 Å². The largest absolute Gasteiger partial charge is 0.326 e. The minimum atomic E-state index is -3.26. The molecule has 0 saturated carbocycles. The summed E-state index contributed by atoms with van der Waals surface area (Å²) >= 11 is 1.85. The molecule has 21 heavy (non-hydrogen) atoms. The van der Waals surface area contributed by atoms with E-state index in [0.29, 0.717) is 19.6 Å². The minimum Gasteiger partial charge on any atom is -0.326 e. The summed E-state index contributed by atoms with van der Waals surface area (Å²) in [5, 5.41) is 0. The van der Waals surface area contributed by atoms with Crippen molar-refractivity contribution in [3.05, 3.63) is 35.4 Å². The van der Waals surface area contributed by atoms with Crippen molar-refractivity contribution >= 4 is 21.8 Å². The molecule has 1 fully saturated rings. The second-order valence-corrected chi connectivity index (χ2v) is 9.81. The van der Waals surface area contributed by atoms with Crippen LogP contribution in [0.5, 0.6) is 0 Å². The highest BCUT2D eigenvalue weighted by Crippen LogP contribution is 2.31. The fourth-order valence-electron chi connectivity index (χ4n) is 2.43. The molecule has 118 valence electrons. The molecule has 0 spiro atoms. The lowest BCUT2D eigenvalue weighted by Crippen LogP contribution is -2.34. The third-order valence-corrected chi connectivity index (χ3v) is 6.99. The van der Waals surface area contributed by atoms with Crippen molar-refractivity contribution in [3.8, 4) is 0 Å². The van der Waals surface area contributed by atoms with E-state index in [4.69, 9.17) is 5.73 Å². The standard InChI is InChI=1S/C15H24N2O2S2/c1-15(2)6-7-17(8-9-20-15)21(18,19)12-14-5-3-4-13(10-14)11-16/h3-5,10H,6-9,11-12,16H2,1-2H3. The predicted molar refractivity (Wildman–Crippen MR) is 89.7 cm³/mol. The monoisotopic (exact) mass is 328 g/mol. The number of rotatable bonds is 4. The number of nitrogens with two attached hydrogens (primary N) is 1. The van der Waals surface area contributed by atoms with Crippen molar-refractivity contribution in [3.63, 3.8) is 0 Å². The number of hydrogen-bond donors (Lipinski definition) is 1. The lowest BCUT2D eigenvalue weighted by atomic mass is 10.1. The van der Waals surface area contributed by atoms with Gasteiger partial charge < -0.3 is 5.73 Å². The number of benzene rings is 1. The van der Waals surface area contributed by atoms with E-state index in [1.165, 1.54) is 0 Å². The smallest absolute Gasteiger partial charge is 0.218 e. The Balaban J connectivity index is 2.10. The average molecular weight is 329 g/mol. The summed E-state index contributed by atoms with van der Waals surface area (Å²) in [5.74, 6) is 0.918. The van der Waals surface area contributed by atoms with Crippen LogP contribution in [0.3, 0.4) is 0 Å². The van der Waals surface area contributed by atoms with Crippen LogP contribution in [0.4, 0.5) is 0 Å². The van der Waals surface area contributed by atoms with Crippen LogP contribution in [0, 0.1) is 0 Å². The van der Waals surface area contributed by atoms with Gasteiger partial charge in [0.2, 0.25) is 10.0 Å². The SMILES string of the molecule is CC1(C)CCN(S(=O)(=O)Cc2cccc(CN)c2)CCS1. The van der Waals surface area contributed by atoms with Crippen LogP contribution in [0.2, 0.25) is 0 Å². The van der Waals surface area contributed by atoms with Crippen molar-refractivity contribution in [2.24, 2.45) is 5.73 Å². The zero-order valence-corrected chi connectivity index (χ0v) is 14.3. The van der Waals surface area contributed by atoms with E-state index in [-0.39, 0.29) is 10.5 Å². The zero-order valence-electron chi connectivity index (χ0n) is 12.7. The molecule has 0 unspecified atom stereocenters. The summed E-state index contributed by atoms with van der Waals surface area (Å²) in [5.41, 5.74) is 7.39. The molecule has 0 aliphatic carbocycles. The Hall–Kier alpha value is -0.560. The molecule has 0 radical (unpaired) electrons. The van der Waals surface area contributed by atoms with E-state index in [0.717, 1.165) is 23.3 Å². The highest BCUT2D eigenvalue weighted by Gasteiger charge is 2.29. The van der Waals surface area contributed by atoms with Crippen LogP contribution >= 0.6 is 11.8 Å². The third-order valence-electron chi connectivity index (χ3n) is 3.77. The second-order valence-electron chi connectivity index (χ2n) is 6.04. The molecular weight excluding hydrogens is 304 g/mol. The van der Waals surface area contributed by atoms with Crippen LogP contribution in [0.15, 0.2) is 24.3 Å². The molecule has 0 atom stereocenters. The number of hydrogen-bond acceptors (Lipinski definition) is 4. The van der Waals surface area contributed by atoms with Crippen molar-refractivity contribution in [1.82, 2.24) is 4.31 Å². The topological polar surface area (TPSA) is 63.4 Å². The summed E-state index contributed by atoms with van der Waals surface area (Å²) in [6.45, 7) is 6.01. The molecular formula is C15H24N2O2S2. The number of nitrogens with zero attached hydrogens (tertiary/aromatic N) is 1. The van der Waals surface area contributed by atoms with Crippen LogP contribution < -0.4 is 5.73 Å². The van der Waals surface area contributed by atoms with Gasteiger partial charge in [-0.3, -0.25) is 0 Å². The third kappa shape index (κ3) is 4.71. The van der Waals surface area contributed by atoms with Gasteiger partial charge in [0.25, 0.3) is 0 Å². The predicted octanol–water partition coefficient (Wildman–Crippen LogP) is 2.19. The zero-order chi connectivity index (χ0) is 15.5. The first-order chi connectivity index (χ1) is 9.82. The van der Waals surface area contributed by atoms with Crippen molar-refractivity contribution in [2.75, 3.05) is 18.8 Å². The summed E-state index contributed by atoms with van der Waals surface area (Å²) in [4.78, 5) is 0. The van der Waals surface area contributed by atoms with Crippen LogP contribution in [-0.4, -0.2) is 36.3 Å². The van der Waals surface area contributed by atoms with E-state index in [1.807, 2.05) is 36.0 Å². The first-order valence-corrected chi connectivity index (χ1v) is 9.81. The van der Waals surface area contributed by atoms with Crippen molar-refractivity contribution in [1.29, 1.82) is 0 Å². The van der Waals surface area contributed by atoms with Crippen LogP contribution in [0.1, 0.15) is 31.4 Å². The number of sulfonamides is 1. The molecule has 1 aromatic carbocycles. The van der Waals surface area contributed by atoms with Gasteiger partial charge >= 0.3 is 0 Å². The van der Waals surface area contributed by atoms with Gasteiger partial charge in [-0.1, -0.05) is 38.1 Å². The van der Waals surface area contributed by atoms with Crippen LogP contribution in [-0.2, 0) is 22.3 Å². The van der Waals surface area contributed by atoms with Gasteiger partial charge in [-0.25, -0.2) is 12.7 Å². The first-order valence-electron chi connectivity index (χ1n) is 7.22. The summed E-state index contributed by atoms with van der Waals surface area (Å²) in [7, 11) is -3.26. The molecule has 1 heterocycles. The molecule has 1 saturated heterocycles. The van der Waals surface area contributed by atoms with Gasteiger partial charge in [0.05, 0.1) is 5.75 Å². The normalized spacial score (nSPS) is 20.1. The second kappa shape index (κ2) is 6.69. The Kier molecular flexibility index (Phi) is 5.35. The van der Waals surface area contributed by atoms with Gasteiger partial charge in [-0.15, -0.1) is 0 Å². The average Bonchev–Trinajstić information content (AvgIpc) is 2.60. The van der Waals surface area contributed by atoms with E-state index >= 15 is 0 Å². The molecule has 0 bridgehead atoms. The highest BCUT2D eigenvalue weighted by atomic mass is 32.2. The summed E-state index contributed by atoms with van der Waals surface area (Å²) in [6.07, 6.45) is 0.889. The first kappa shape index (κ1) is 16.8. The maximum absolute atomic E-state index is 12.6. The van der Waals surface area contributed by atoms with E-state index in [2.05, 4.69) is 13.8 Å². The maximum Gasteiger partial charge on any atom is 0.218 e. The summed E-state index contributed by atoms with van der Waals surface area (Å²) in [6, 6.07) is 7.52. The molecule has 0 aromatic heterocycles. The molecule has 1 aliphatic rings. The Morgan fingerprint density at radius 3 is 2.71 bits per heavy atom. The van der Waals surface area contributed by atoms with Crippen molar-refractivity contribution < 1.29 is 8.42 Å².